The van der Waals surface area contributed by atoms with Gasteiger partial charge in [0.05, 0.1) is 0 Å². The number of imide groups is 1. The van der Waals surface area contributed by atoms with Gasteiger partial charge < -0.3 is 11.1 Å². The van der Waals surface area contributed by atoms with Crippen molar-refractivity contribution < 1.29 is 14.4 Å². The van der Waals surface area contributed by atoms with Gasteiger partial charge in [-0.3, -0.25) is 19.8 Å². The molecule has 0 bridgehead atoms. The Hall–Kier alpha value is -2.12. The minimum Gasteiger partial charge on any atom is -0.352 e. The fourth-order valence-electron chi connectivity index (χ4n) is 2.20. The zero-order valence-corrected chi connectivity index (χ0v) is 13.5. The van der Waals surface area contributed by atoms with Crippen LogP contribution in [-0.2, 0) is 4.79 Å². The van der Waals surface area contributed by atoms with Gasteiger partial charge in [0.2, 0.25) is 5.91 Å². The first-order chi connectivity index (χ1) is 10.6. The van der Waals surface area contributed by atoms with Crippen LogP contribution < -0.4 is 21.3 Å². The Morgan fingerprint density at radius 3 is 2.78 bits per heavy atom. The number of anilines is 1. The van der Waals surface area contributed by atoms with Crippen LogP contribution >= 0.6 is 12.4 Å². The maximum atomic E-state index is 12.1. The molecule has 23 heavy (non-hydrogen) atoms. The highest BCUT2D eigenvalue weighted by Crippen LogP contribution is 2.18. The summed E-state index contributed by atoms with van der Waals surface area (Å²) in [6.45, 7) is 1.49. The van der Waals surface area contributed by atoms with Crippen LogP contribution in [0.1, 0.15) is 29.6 Å². The van der Waals surface area contributed by atoms with Gasteiger partial charge in [-0.25, -0.2) is 4.79 Å². The Balaban J connectivity index is 0.00000264. The summed E-state index contributed by atoms with van der Waals surface area (Å²) < 4.78 is 0. The van der Waals surface area contributed by atoms with Crippen molar-refractivity contribution in [3.63, 3.8) is 0 Å². The van der Waals surface area contributed by atoms with E-state index >= 15 is 0 Å². The number of hydrogen-bond acceptors (Lipinski definition) is 4. The molecule has 8 heteroatoms. The standard InChI is InChI=1S/C15H20N4O3.ClH/c16-7-1-2-8-17-14(21)11-4-3-5-12(10-11)19-9-6-13(20)18-15(19)22;/h3-5,10H,1-2,6-9,16H2,(H,17,21)(H,18,20,22);1H. The molecule has 1 fully saturated rings. The zero-order valence-electron chi connectivity index (χ0n) is 12.7. The third kappa shape index (κ3) is 5.22. The van der Waals surface area contributed by atoms with Crippen LogP contribution in [0.25, 0.3) is 0 Å². The van der Waals surface area contributed by atoms with E-state index in [0.717, 1.165) is 12.8 Å². The minimum atomic E-state index is -0.461. The largest absolute Gasteiger partial charge is 0.352 e. The quantitative estimate of drug-likeness (QED) is 0.672. The molecule has 1 aromatic carbocycles. The Morgan fingerprint density at radius 1 is 1.30 bits per heavy atom. The Morgan fingerprint density at radius 2 is 2.09 bits per heavy atom. The highest BCUT2D eigenvalue weighted by Gasteiger charge is 2.24. The lowest BCUT2D eigenvalue weighted by molar-refractivity contribution is -0.120. The first-order valence-corrected chi connectivity index (χ1v) is 7.31. The molecule has 1 aliphatic heterocycles. The molecule has 1 saturated heterocycles. The van der Waals surface area contributed by atoms with E-state index in [4.69, 9.17) is 5.73 Å². The Bertz CT molecular complexity index is 580. The molecule has 0 atom stereocenters. The smallest absolute Gasteiger partial charge is 0.328 e. The number of rotatable bonds is 6. The van der Waals surface area contributed by atoms with Crippen LogP contribution in [0.2, 0.25) is 0 Å². The van der Waals surface area contributed by atoms with Crippen LogP contribution in [-0.4, -0.2) is 37.5 Å². The van der Waals surface area contributed by atoms with E-state index in [-0.39, 0.29) is 30.6 Å². The van der Waals surface area contributed by atoms with E-state index in [1.54, 1.807) is 24.3 Å². The zero-order chi connectivity index (χ0) is 15.9. The molecule has 1 aliphatic rings. The highest BCUT2D eigenvalue weighted by molar-refractivity contribution is 6.06. The van der Waals surface area contributed by atoms with Crippen molar-refractivity contribution in [3.8, 4) is 0 Å². The maximum absolute atomic E-state index is 12.1. The number of nitrogens with two attached hydrogens (primary N) is 1. The molecule has 0 spiro atoms. The van der Waals surface area contributed by atoms with Gasteiger partial charge in [0.25, 0.3) is 5.91 Å². The van der Waals surface area contributed by atoms with Gasteiger partial charge in [0.1, 0.15) is 0 Å². The predicted molar refractivity (Wildman–Crippen MR) is 89.8 cm³/mol. The van der Waals surface area contributed by atoms with E-state index in [0.29, 0.717) is 30.9 Å². The fourth-order valence-corrected chi connectivity index (χ4v) is 2.20. The molecule has 0 saturated carbocycles. The molecular weight excluding hydrogens is 320 g/mol. The number of halogens is 1. The van der Waals surface area contributed by atoms with E-state index in [2.05, 4.69) is 10.6 Å². The molecule has 2 rings (SSSR count). The predicted octanol–water partition coefficient (Wildman–Crippen LogP) is 1.02. The minimum absolute atomic E-state index is 0. The summed E-state index contributed by atoms with van der Waals surface area (Å²) in [5.74, 6) is -0.470. The number of benzene rings is 1. The van der Waals surface area contributed by atoms with E-state index < -0.39 is 6.03 Å². The molecule has 7 nitrogen and oxygen atoms in total. The van der Waals surface area contributed by atoms with E-state index in [1.165, 1.54) is 4.90 Å². The highest BCUT2D eigenvalue weighted by atomic mass is 35.5. The molecule has 4 N–H and O–H groups in total. The van der Waals surface area contributed by atoms with Gasteiger partial charge in [0.15, 0.2) is 0 Å². The summed E-state index contributed by atoms with van der Waals surface area (Å²) in [4.78, 5) is 36.5. The number of nitrogens with one attached hydrogen (secondary N) is 2. The second kappa shape index (κ2) is 9.12. The molecular formula is C15H21ClN4O3. The number of carbonyl (C=O) groups excluding carboxylic acids is 3. The molecule has 0 unspecified atom stereocenters. The van der Waals surface area contributed by atoms with Crippen LogP contribution in [0.3, 0.4) is 0 Å². The van der Waals surface area contributed by atoms with Crippen LogP contribution in [0, 0.1) is 0 Å². The topological polar surface area (TPSA) is 105 Å². The van der Waals surface area contributed by atoms with Gasteiger partial charge in [-0.15, -0.1) is 12.4 Å². The lowest BCUT2D eigenvalue weighted by Crippen LogP contribution is -2.49. The number of amides is 4. The third-order valence-corrected chi connectivity index (χ3v) is 3.39. The van der Waals surface area contributed by atoms with Gasteiger partial charge >= 0.3 is 6.03 Å². The SMILES string of the molecule is Cl.NCCCCNC(=O)c1cccc(N2CCC(=O)NC2=O)c1. The van der Waals surface area contributed by atoms with Crippen LogP contribution in [0.15, 0.2) is 24.3 Å². The molecule has 1 heterocycles. The van der Waals surface area contributed by atoms with Crippen molar-refractivity contribution in [3.05, 3.63) is 29.8 Å². The van der Waals surface area contributed by atoms with Crippen LogP contribution in [0.4, 0.5) is 10.5 Å². The summed E-state index contributed by atoms with van der Waals surface area (Å²) in [5.41, 5.74) is 6.48. The van der Waals surface area contributed by atoms with Gasteiger partial charge in [-0.2, -0.15) is 0 Å². The van der Waals surface area contributed by atoms with Crippen molar-refractivity contribution in [2.45, 2.75) is 19.3 Å². The lowest BCUT2D eigenvalue weighted by atomic mass is 10.1. The van der Waals surface area contributed by atoms with Crippen molar-refractivity contribution in [1.29, 1.82) is 0 Å². The maximum Gasteiger partial charge on any atom is 0.328 e. The Labute approximate surface area is 141 Å². The monoisotopic (exact) mass is 340 g/mol. The summed E-state index contributed by atoms with van der Waals surface area (Å²) in [6.07, 6.45) is 1.95. The molecule has 126 valence electrons. The number of hydrogen-bond donors (Lipinski definition) is 3. The molecule has 0 aromatic heterocycles. The average Bonchev–Trinajstić information content (AvgIpc) is 2.51. The summed E-state index contributed by atoms with van der Waals surface area (Å²) in [7, 11) is 0. The van der Waals surface area contributed by atoms with Crippen LogP contribution in [0.5, 0.6) is 0 Å². The number of urea groups is 1. The third-order valence-electron chi connectivity index (χ3n) is 3.39. The number of unbranched alkanes of at least 4 members (excludes halogenated alkanes) is 1. The first-order valence-electron chi connectivity index (χ1n) is 7.31. The summed E-state index contributed by atoms with van der Waals surface area (Å²) in [5, 5.41) is 5.08. The second-order valence-corrected chi connectivity index (χ2v) is 5.06. The Kier molecular flexibility index (Phi) is 7.50. The average molecular weight is 341 g/mol. The van der Waals surface area contributed by atoms with Gasteiger partial charge in [0, 0.05) is 30.8 Å². The van der Waals surface area contributed by atoms with Crippen molar-refractivity contribution >= 4 is 35.9 Å². The summed E-state index contributed by atoms with van der Waals surface area (Å²) in [6, 6.07) is 6.33. The normalized spacial score (nSPS) is 14.0. The lowest BCUT2D eigenvalue weighted by Gasteiger charge is -2.26. The summed E-state index contributed by atoms with van der Waals surface area (Å²) >= 11 is 0. The van der Waals surface area contributed by atoms with E-state index in [9.17, 15) is 14.4 Å². The van der Waals surface area contributed by atoms with E-state index in [1.807, 2.05) is 0 Å². The first kappa shape index (κ1) is 18.9. The van der Waals surface area contributed by atoms with Crippen molar-refractivity contribution in [2.24, 2.45) is 5.73 Å². The second-order valence-electron chi connectivity index (χ2n) is 5.06. The van der Waals surface area contributed by atoms with Crippen molar-refractivity contribution in [1.82, 2.24) is 10.6 Å². The number of carbonyl (C=O) groups is 3. The van der Waals surface area contributed by atoms with Crippen molar-refractivity contribution in [2.75, 3.05) is 24.5 Å². The molecule has 0 aliphatic carbocycles. The fraction of sp³-hybridized carbons (Fsp3) is 0.400. The number of nitrogens with zero attached hydrogens (tertiary/aromatic N) is 1. The molecule has 0 radical (unpaired) electrons. The molecule has 1 aromatic rings. The molecule has 4 amide bonds. The van der Waals surface area contributed by atoms with Gasteiger partial charge in [-0.05, 0) is 37.6 Å². The van der Waals surface area contributed by atoms with Gasteiger partial charge in [-0.1, -0.05) is 6.07 Å².